The molecular formula is C90H155N19O18. The van der Waals surface area contributed by atoms with E-state index in [1.54, 1.807) is 55.4 Å². The number of aliphatic hydroxyl groups excluding tert-OH is 1. The highest BCUT2D eigenvalue weighted by Crippen LogP contribution is 2.26. The summed E-state index contributed by atoms with van der Waals surface area (Å²) in [7, 11) is 0. The lowest BCUT2D eigenvalue weighted by atomic mass is 9.89. The van der Waals surface area contributed by atoms with E-state index in [4.69, 9.17) is 23.0 Å². The van der Waals surface area contributed by atoms with Crippen molar-refractivity contribution >= 4 is 94.6 Å². The zero-order valence-corrected chi connectivity index (χ0v) is 77.9. The second kappa shape index (κ2) is 57.5. The molecule has 7 unspecified atom stereocenters. The van der Waals surface area contributed by atoms with Crippen LogP contribution in [0.2, 0.25) is 0 Å². The second-order valence-electron chi connectivity index (χ2n) is 36.1. The number of nitrogens with two attached hydrogens (primary N) is 4. The number of hydrazine groups is 1. The highest BCUT2D eigenvalue weighted by Gasteiger charge is 2.46. The van der Waals surface area contributed by atoms with Gasteiger partial charge in [-0.2, -0.15) is 0 Å². The number of nitrogens with zero attached hydrogens (tertiary/aromatic N) is 1. The summed E-state index contributed by atoms with van der Waals surface area (Å²) in [6.45, 7) is 25.1. The average Bonchev–Trinajstić information content (AvgIpc) is 1.81. The van der Waals surface area contributed by atoms with Gasteiger partial charge in [-0.1, -0.05) is 126 Å². The van der Waals surface area contributed by atoms with Crippen LogP contribution in [0.4, 0.5) is 0 Å². The van der Waals surface area contributed by atoms with Crippen molar-refractivity contribution in [3.05, 3.63) is 42.0 Å². The van der Waals surface area contributed by atoms with E-state index in [0.717, 1.165) is 0 Å². The summed E-state index contributed by atoms with van der Waals surface area (Å²) in [5, 5.41) is 56.2. The van der Waals surface area contributed by atoms with Gasteiger partial charge < -0.3 is 101 Å². The Morgan fingerprint density at radius 3 is 1.63 bits per heavy atom. The van der Waals surface area contributed by atoms with Gasteiger partial charge in [0.2, 0.25) is 88.4 Å². The minimum atomic E-state index is -1.82. The van der Waals surface area contributed by atoms with Crippen LogP contribution in [-0.4, -0.2) is 238 Å². The lowest BCUT2D eigenvalue weighted by molar-refractivity contribution is -0.146. The standard InChI is InChI=1S/C90H155N19O18/c1-16-56(9)72(105-83(122)71(55(7)8)104-85(124)73(108-94)57(10)17-2)84(123)99-66(36-27-32-46-93)86(125)109-47-33-37-70(109)75(114)74(113)58(11)106-89(14)42-28-23-21-19-18-20-22-24-29-43-90(15,88(127)103-68(49-54(5)6)81(120)97-62(51-110)52-111)107-82(121)69(50-61-38-40-63(112)41-39-61)101-77(116)60(13)96-80(119)67(48-53(3)4)100-76(115)59(12)95-78(117)64(34-25-30-44-91)98-79(118)65(102-87(89)126)35-26-31-45-92/h20,22,38-41,51,53-60,62,64-73,106,108,111-112H,16-19,21,23-37,42-50,52,91-94H2,1-15H3,(H,95,117)(H,96,119)(H,97,120)(H,98,118)(H,99,123)(H,100,115)(H,101,116)(H,102,126)(H,103,127)(H,104,124)(H,105,122)(H,107,121)/b22-20-/t56-,57-,58?,59-,60-,62?,64?,65-,66-,67?,68-,69?,70-,71-,72-,73-,89?,90?/m0/s1. The molecule has 0 radical (unpaired) electrons. The highest BCUT2D eigenvalue weighted by atomic mass is 16.3. The van der Waals surface area contributed by atoms with E-state index in [1.807, 2.05) is 32.9 Å². The molecule has 0 aromatic heterocycles. The Balaban J connectivity index is 2.19. The molecule has 1 fully saturated rings. The van der Waals surface area contributed by atoms with Gasteiger partial charge in [0.1, 0.15) is 90.1 Å². The average molecular weight is 1790 g/mol. The number of hydrogen-bond donors (Lipinski definition) is 20. The van der Waals surface area contributed by atoms with Crippen LogP contribution in [0, 0.1) is 29.6 Å². The number of phenolic OH excluding ortho intramolecular Hbond substituents is 1. The Morgan fingerprint density at radius 1 is 0.559 bits per heavy atom. The summed E-state index contributed by atoms with van der Waals surface area (Å²) >= 11 is 0. The molecule has 0 saturated carbocycles. The van der Waals surface area contributed by atoms with Gasteiger partial charge in [-0.15, -0.1) is 0 Å². The van der Waals surface area contributed by atoms with Crippen LogP contribution < -0.4 is 97.6 Å². The number of rotatable bonds is 42. The third-order valence-electron chi connectivity index (χ3n) is 23.7. The maximum Gasteiger partial charge on any atom is 0.246 e. The van der Waals surface area contributed by atoms with Gasteiger partial charge in [0.05, 0.1) is 24.2 Å². The molecule has 2 aliphatic heterocycles. The maximum absolute atomic E-state index is 15.4. The Labute approximate surface area is 750 Å². The Morgan fingerprint density at radius 2 is 1.08 bits per heavy atom. The highest BCUT2D eigenvalue weighted by molar-refractivity contribution is 6.41. The monoisotopic (exact) mass is 1790 g/mol. The van der Waals surface area contributed by atoms with Gasteiger partial charge in [0.25, 0.3) is 0 Å². The first kappa shape index (κ1) is 112. The number of amides is 13. The number of nitrogens with one attached hydrogen (secondary N) is 14. The van der Waals surface area contributed by atoms with Crippen molar-refractivity contribution in [1.82, 2.24) is 79.4 Å². The fraction of sp³-hybridized carbons (Fsp3) is 0.733. The molecule has 127 heavy (non-hydrogen) atoms. The Kier molecular flexibility index (Phi) is 50.6. The molecule has 2 heterocycles. The molecule has 718 valence electrons. The zero-order valence-electron chi connectivity index (χ0n) is 77.9. The molecule has 24 N–H and O–H groups in total. The molecule has 3 rings (SSSR count). The van der Waals surface area contributed by atoms with Crippen molar-refractivity contribution in [2.45, 2.75) is 360 Å². The van der Waals surface area contributed by atoms with E-state index in [9.17, 15) is 77.3 Å². The number of carbonyl (C=O) groups is 16. The minimum Gasteiger partial charge on any atom is -0.508 e. The number of likely N-dealkylation sites (tertiary alicyclic amines) is 1. The number of unbranched alkanes of at least 4 members (excludes halogenated alkanes) is 3. The number of ketones is 2. The molecule has 37 nitrogen and oxygen atoms in total. The summed E-state index contributed by atoms with van der Waals surface area (Å²) in [5.74, 6) is -7.56. The maximum atomic E-state index is 15.4. The zero-order chi connectivity index (χ0) is 95.4. The van der Waals surface area contributed by atoms with Crippen molar-refractivity contribution in [3.8, 4) is 5.75 Å². The van der Waals surface area contributed by atoms with Crippen molar-refractivity contribution in [3.63, 3.8) is 0 Å². The molecule has 0 bridgehead atoms. The third kappa shape index (κ3) is 37.7. The smallest absolute Gasteiger partial charge is 0.246 e. The van der Waals surface area contributed by atoms with E-state index in [2.05, 4.69) is 74.5 Å². The van der Waals surface area contributed by atoms with E-state index in [1.165, 1.54) is 56.9 Å². The summed E-state index contributed by atoms with van der Waals surface area (Å²) in [4.78, 5) is 232. The molecular weight excluding hydrogens is 1640 g/mol. The van der Waals surface area contributed by atoms with Crippen molar-refractivity contribution in [2.75, 3.05) is 32.8 Å². The lowest BCUT2D eigenvalue weighted by Gasteiger charge is -2.35. The predicted molar refractivity (Wildman–Crippen MR) is 483 cm³/mol. The van der Waals surface area contributed by atoms with Gasteiger partial charge in [-0.05, 0) is 224 Å². The number of allylic oxidation sites excluding steroid dienone is 2. The fourth-order valence-corrected chi connectivity index (χ4v) is 15.3. The lowest BCUT2D eigenvalue weighted by Crippen LogP contribution is -2.64. The number of aldehydes is 1. The number of phenols is 1. The van der Waals surface area contributed by atoms with Crippen LogP contribution >= 0.6 is 0 Å². The first-order chi connectivity index (χ1) is 60.0. The summed E-state index contributed by atoms with van der Waals surface area (Å²) < 4.78 is 0. The first-order valence-corrected chi connectivity index (χ1v) is 45.9. The molecule has 1 aromatic rings. The molecule has 37 heteroatoms. The predicted octanol–water partition coefficient (Wildman–Crippen LogP) is 1.38. The molecule has 1 aromatic carbocycles. The molecule has 1 saturated heterocycles. The van der Waals surface area contributed by atoms with E-state index in [-0.39, 0.29) is 114 Å². The van der Waals surface area contributed by atoms with Crippen LogP contribution in [0.3, 0.4) is 0 Å². The molecule has 13 amide bonds. The number of hydrogen-bond acceptors (Lipinski definition) is 24. The minimum absolute atomic E-state index is 0.0119. The van der Waals surface area contributed by atoms with Crippen LogP contribution in [0.25, 0.3) is 0 Å². The van der Waals surface area contributed by atoms with Crippen LogP contribution in [-0.2, 0) is 83.1 Å². The Bertz CT molecular complexity index is 3760. The summed E-state index contributed by atoms with van der Waals surface area (Å²) in [5.41, 5.74) is 17.3. The van der Waals surface area contributed by atoms with Crippen molar-refractivity contribution in [2.24, 2.45) is 52.6 Å². The van der Waals surface area contributed by atoms with Crippen molar-refractivity contribution < 1.29 is 86.9 Å². The number of benzene rings is 1. The molecule has 2 aliphatic rings. The van der Waals surface area contributed by atoms with Gasteiger partial charge in [-0.25, -0.2) is 5.43 Å². The van der Waals surface area contributed by atoms with Crippen LogP contribution in [0.1, 0.15) is 264 Å². The Hall–Kier alpha value is -9.40. The van der Waals surface area contributed by atoms with Crippen LogP contribution in [0.15, 0.2) is 36.4 Å². The molecule has 18 atom stereocenters. The van der Waals surface area contributed by atoms with Gasteiger partial charge in [0, 0.05) is 13.0 Å². The summed E-state index contributed by atoms with van der Waals surface area (Å²) in [6, 6.07) is -12.0. The SMILES string of the molecule is CC[C@H](C)[C@H](NN)C(=O)N[C@H](C(=O)N[C@H](C(=O)N[C@@H](CCCCN)C(=O)N1CCC[C@H]1C(=O)C(=O)C(C)NC1(C)CCCCCC/C=C\CCCC(C)(C(=O)N[C@@H](CC(C)C)C(=O)NC(C=O)CO)NC(=O)C(Cc2ccc(O)cc2)NC(=O)[C@H](C)NC(=O)C(CC(C)C)NC(=O)[C@H](C)NC(=O)C(CCCCN)NC(=O)[C@H](CCCCN)NC1=O)[C@@H](C)CC)C(C)C. The number of Topliss-reactive ketones (excluding diaryl/α,β-unsaturated/α-hetero) is 2. The van der Waals surface area contributed by atoms with E-state index < -0.39 is 202 Å². The third-order valence-corrected chi connectivity index (χ3v) is 23.7. The van der Waals surface area contributed by atoms with E-state index in [0.29, 0.717) is 108 Å². The second-order valence-corrected chi connectivity index (χ2v) is 36.1. The largest absolute Gasteiger partial charge is 0.508 e. The van der Waals surface area contributed by atoms with Crippen LogP contribution in [0.5, 0.6) is 5.75 Å². The van der Waals surface area contributed by atoms with E-state index >= 15 is 9.59 Å². The quantitative estimate of drug-likeness (QED) is 0.0110. The first-order valence-electron chi connectivity index (χ1n) is 45.9. The number of carbonyl (C=O) groups excluding carboxylic acids is 16. The fourth-order valence-electron chi connectivity index (χ4n) is 15.3. The van der Waals surface area contributed by atoms with Crippen molar-refractivity contribution in [1.29, 1.82) is 0 Å². The number of aliphatic hydroxyl groups is 1. The van der Waals surface area contributed by atoms with Gasteiger partial charge in [0.15, 0.2) is 0 Å². The number of aromatic hydroxyl groups is 1. The van der Waals surface area contributed by atoms with Gasteiger partial charge in [-0.3, -0.25) is 83.1 Å². The normalized spacial score (nSPS) is 24.0. The summed E-state index contributed by atoms with van der Waals surface area (Å²) in [6.07, 6.45) is 11.3. The molecule has 0 spiro atoms. The van der Waals surface area contributed by atoms with Gasteiger partial charge >= 0.3 is 0 Å². The molecule has 0 aliphatic carbocycles. The topological polar surface area (TPSA) is 589 Å².